The second kappa shape index (κ2) is 8.52. The molecule has 0 bridgehead atoms. The van der Waals surface area contributed by atoms with E-state index in [1.807, 2.05) is 31.2 Å². The maximum absolute atomic E-state index is 13.5. The van der Waals surface area contributed by atoms with Crippen molar-refractivity contribution in [2.45, 2.75) is 19.8 Å². The number of carbonyl (C=O) groups excluding carboxylic acids is 1. The van der Waals surface area contributed by atoms with E-state index in [-0.39, 0.29) is 10.9 Å². The molecule has 3 aromatic heterocycles. The molecule has 0 radical (unpaired) electrons. The van der Waals surface area contributed by atoms with Gasteiger partial charge in [-0.05, 0) is 30.2 Å². The van der Waals surface area contributed by atoms with E-state index in [0.29, 0.717) is 44.8 Å². The Morgan fingerprint density at radius 2 is 2.03 bits per heavy atom. The van der Waals surface area contributed by atoms with Gasteiger partial charge in [0.05, 0.1) is 33.4 Å². The number of alkyl halides is 2. The number of nitriles is 1. The Labute approximate surface area is 201 Å². The Morgan fingerprint density at radius 3 is 2.74 bits per heavy atom. The van der Waals surface area contributed by atoms with Gasteiger partial charge in [-0.25, -0.2) is 13.9 Å². The van der Waals surface area contributed by atoms with Crippen molar-refractivity contribution in [3.63, 3.8) is 0 Å². The average molecular weight is 490 g/mol. The number of carbonyl (C=O) groups is 1. The van der Waals surface area contributed by atoms with Crippen LogP contribution in [-0.2, 0) is 13.5 Å². The lowest BCUT2D eigenvalue weighted by molar-refractivity contribution is 0.0680. The summed E-state index contributed by atoms with van der Waals surface area (Å²) in [5, 5.41) is 21.7. The fraction of sp³-hybridized carbons (Fsp3) is 0.160. The van der Waals surface area contributed by atoms with Gasteiger partial charge in [0.1, 0.15) is 6.07 Å². The lowest BCUT2D eigenvalue weighted by Crippen LogP contribution is -2.18. The van der Waals surface area contributed by atoms with Crippen LogP contribution in [-0.4, -0.2) is 32.2 Å². The number of rotatable bonds is 5. The first kappa shape index (κ1) is 22.6. The zero-order valence-corrected chi connectivity index (χ0v) is 19.4. The number of nitrogens with one attached hydrogen (secondary N) is 1. The zero-order valence-electron chi connectivity index (χ0n) is 18.6. The van der Waals surface area contributed by atoms with Crippen LogP contribution in [0.5, 0.6) is 0 Å². The highest BCUT2D eigenvalue weighted by Gasteiger charge is 2.26. The number of aromatic amines is 1. The van der Waals surface area contributed by atoms with Gasteiger partial charge < -0.3 is 0 Å². The predicted molar refractivity (Wildman–Crippen MR) is 130 cm³/mol. The smallest absolute Gasteiger partial charge is 0.288 e. The van der Waals surface area contributed by atoms with Crippen LogP contribution < -0.4 is 5.56 Å². The van der Waals surface area contributed by atoms with Gasteiger partial charge in [-0.15, -0.1) is 11.3 Å². The van der Waals surface area contributed by atoms with Crippen LogP contribution in [0.25, 0.3) is 42.6 Å². The normalized spacial score (nSPS) is 11.4. The van der Waals surface area contributed by atoms with Crippen molar-refractivity contribution in [2.24, 2.45) is 7.05 Å². The first-order valence-corrected chi connectivity index (χ1v) is 11.5. The molecule has 10 heteroatoms. The molecule has 7 nitrogen and oxygen atoms in total. The van der Waals surface area contributed by atoms with Crippen molar-refractivity contribution in [3.8, 4) is 27.8 Å². The molecule has 35 heavy (non-hydrogen) atoms. The number of fused-ring (bicyclic) bond motifs is 2. The first-order valence-electron chi connectivity index (χ1n) is 10.7. The molecule has 0 aliphatic carbocycles. The van der Waals surface area contributed by atoms with Crippen molar-refractivity contribution in [3.05, 3.63) is 69.8 Å². The molecular formula is C25H17F2N5O2S. The summed E-state index contributed by atoms with van der Waals surface area (Å²) in [4.78, 5) is 25.7. The minimum absolute atomic E-state index is 0.115. The van der Waals surface area contributed by atoms with E-state index in [1.54, 1.807) is 24.0 Å². The Balaban J connectivity index is 1.86. The first-order chi connectivity index (χ1) is 16.8. The van der Waals surface area contributed by atoms with Crippen LogP contribution >= 0.6 is 11.3 Å². The molecule has 0 saturated heterocycles. The van der Waals surface area contributed by atoms with Gasteiger partial charge in [-0.3, -0.25) is 14.3 Å². The summed E-state index contributed by atoms with van der Waals surface area (Å²) >= 11 is 1.42. The van der Waals surface area contributed by atoms with Gasteiger partial charge in [-0.2, -0.15) is 15.5 Å². The van der Waals surface area contributed by atoms with Gasteiger partial charge in [0, 0.05) is 33.6 Å². The number of thiophene rings is 1. The van der Waals surface area contributed by atoms with Crippen molar-refractivity contribution in [1.29, 1.82) is 5.26 Å². The number of halogens is 2. The Morgan fingerprint density at radius 1 is 1.26 bits per heavy atom. The summed E-state index contributed by atoms with van der Waals surface area (Å²) in [6.45, 7) is 1.81. The van der Waals surface area contributed by atoms with Crippen molar-refractivity contribution >= 4 is 38.0 Å². The summed E-state index contributed by atoms with van der Waals surface area (Å²) in [5.41, 5.74) is 1.43. The van der Waals surface area contributed by atoms with Gasteiger partial charge in [0.25, 0.3) is 5.56 Å². The number of nitrogens with zero attached hydrogens (tertiary/aromatic N) is 4. The predicted octanol–water partition coefficient (Wildman–Crippen LogP) is 5.09. The fourth-order valence-electron chi connectivity index (χ4n) is 4.33. The number of benzene rings is 2. The minimum atomic E-state index is -3.28. The molecule has 0 fully saturated rings. The zero-order chi connectivity index (χ0) is 24.9. The number of hydrogen-bond acceptors (Lipinski definition) is 6. The van der Waals surface area contributed by atoms with Crippen LogP contribution in [0, 0.1) is 11.3 Å². The summed E-state index contributed by atoms with van der Waals surface area (Å²) in [6, 6.07) is 12.8. The highest BCUT2D eigenvalue weighted by molar-refractivity contribution is 7.22. The quantitative estimate of drug-likeness (QED) is 0.347. The summed E-state index contributed by atoms with van der Waals surface area (Å²) in [7, 11) is 1.72. The van der Waals surface area contributed by atoms with E-state index in [2.05, 4.69) is 21.4 Å². The molecule has 0 saturated carbocycles. The van der Waals surface area contributed by atoms with E-state index in [4.69, 9.17) is 0 Å². The molecular weight excluding hydrogens is 472 g/mol. The van der Waals surface area contributed by atoms with Gasteiger partial charge >= 0.3 is 6.43 Å². The molecule has 3 heterocycles. The largest absolute Gasteiger partial charge is 0.300 e. The number of Topliss-reactive ketones (excluding diaryl/α,β-unsaturated/α-hetero) is 1. The van der Waals surface area contributed by atoms with E-state index in [9.17, 15) is 23.6 Å². The van der Waals surface area contributed by atoms with Crippen molar-refractivity contribution in [1.82, 2.24) is 20.0 Å². The maximum Gasteiger partial charge on any atom is 0.300 e. The minimum Gasteiger partial charge on any atom is -0.288 e. The number of H-pyrrole nitrogens is 1. The third kappa shape index (κ3) is 3.52. The average Bonchev–Trinajstić information content (AvgIpc) is 3.42. The second-order valence-electron chi connectivity index (χ2n) is 7.91. The Kier molecular flexibility index (Phi) is 5.49. The molecule has 1 N–H and O–H groups in total. The van der Waals surface area contributed by atoms with Crippen LogP contribution in [0.2, 0.25) is 0 Å². The lowest BCUT2D eigenvalue weighted by Gasteiger charge is -2.12. The number of hydrogen-bond donors (Lipinski definition) is 1. The lowest BCUT2D eigenvalue weighted by atomic mass is 9.94. The molecule has 174 valence electrons. The highest BCUT2D eigenvalue weighted by atomic mass is 32.1. The summed E-state index contributed by atoms with van der Waals surface area (Å²) in [6.07, 6.45) is -1.31. The molecule has 0 aliphatic rings. The third-order valence-electron chi connectivity index (χ3n) is 5.94. The second-order valence-corrected chi connectivity index (χ2v) is 8.96. The van der Waals surface area contributed by atoms with Crippen molar-refractivity contribution < 1.29 is 13.6 Å². The number of aryl methyl sites for hydroxylation is 2. The molecule has 0 unspecified atom stereocenters. The number of ketones is 1. The monoisotopic (exact) mass is 489 g/mol. The molecule has 0 amide bonds. The highest BCUT2D eigenvalue weighted by Crippen LogP contribution is 2.43. The summed E-state index contributed by atoms with van der Waals surface area (Å²) in [5.74, 6) is -1.44. The Bertz CT molecular complexity index is 1740. The number of aromatic nitrogens is 4. The topological polar surface area (TPSA) is 104 Å². The third-order valence-corrected chi connectivity index (χ3v) is 7.12. The molecule has 0 spiro atoms. The van der Waals surface area contributed by atoms with Crippen LogP contribution in [0.15, 0.2) is 47.4 Å². The SMILES string of the molecule is CCc1n[nH]c(=O)c2c(C(=O)C(F)F)cc(-c3cnn(C)c3-c3sc4ccccc4c3C#N)cc12. The van der Waals surface area contributed by atoms with E-state index in [1.165, 1.54) is 17.4 Å². The fourth-order valence-corrected chi connectivity index (χ4v) is 5.57. The van der Waals surface area contributed by atoms with Gasteiger partial charge in [-0.1, -0.05) is 25.1 Å². The van der Waals surface area contributed by atoms with E-state index in [0.717, 1.165) is 10.1 Å². The van der Waals surface area contributed by atoms with Gasteiger partial charge in [0.15, 0.2) is 0 Å². The van der Waals surface area contributed by atoms with E-state index < -0.39 is 17.8 Å². The molecule has 0 atom stereocenters. The molecule has 5 aromatic rings. The maximum atomic E-state index is 13.5. The summed E-state index contributed by atoms with van der Waals surface area (Å²) < 4.78 is 29.6. The Hall–Kier alpha value is -4.23. The van der Waals surface area contributed by atoms with Gasteiger partial charge in [0.2, 0.25) is 5.78 Å². The van der Waals surface area contributed by atoms with Crippen LogP contribution in [0.4, 0.5) is 8.78 Å². The van der Waals surface area contributed by atoms with Crippen molar-refractivity contribution in [2.75, 3.05) is 0 Å². The van der Waals surface area contributed by atoms with E-state index >= 15 is 0 Å². The van der Waals surface area contributed by atoms with Crippen LogP contribution in [0.1, 0.15) is 28.5 Å². The molecule has 0 aliphatic heterocycles. The van der Waals surface area contributed by atoms with Crippen LogP contribution in [0.3, 0.4) is 0 Å². The standard InChI is InChI=1S/C25H17F2N5O2S/c1-3-18-14-8-12(9-15(22(33)24(26)27)20(14)25(34)31-30-18)17-11-29-32(2)21(17)23-16(10-28)13-6-4-5-7-19(13)35-23/h4-9,11,24H,3H2,1-2H3,(H,31,34). The molecule has 5 rings (SSSR count). The molecule has 2 aromatic carbocycles.